The zero-order chi connectivity index (χ0) is 23.1. The summed E-state index contributed by atoms with van der Waals surface area (Å²) in [5, 5.41) is 11.7. The van der Waals surface area contributed by atoms with Crippen LogP contribution in [0.25, 0.3) is 0 Å². The summed E-state index contributed by atoms with van der Waals surface area (Å²) in [5.74, 6) is 1.74. The third kappa shape index (κ3) is 5.68. The Morgan fingerprint density at radius 2 is 1.84 bits per heavy atom. The van der Waals surface area contributed by atoms with Gasteiger partial charge in [0.1, 0.15) is 5.75 Å². The number of amidine groups is 1. The molecule has 1 fully saturated rings. The Hall–Kier alpha value is -2.87. The van der Waals surface area contributed by atoms with Crippen LogP contribution in [0.15, 0.2) is 17.3 Å². The van der Waals surface area contributed by atoms with E-state index in [9.17, 15) is 0 Å². The second kappa shape index (κ2) is 11.1. The molecule has 8 heteroatoms. The molecule has 3 rings (SSSR count). The fraction of sp³-hybridized carbons (Fsp3) is 0.542. The molecule has 2 aromatic heterocycles. The van der Waals surface area contributed by atoms with E-state index in [2.05, 4.69) is 17.1 Å². The standard InChI is InChI=1S/C24H34N4O4/c1-15-16(2)24(31-13-22(25)28-29)26-17(3)20(15)12-19-10-11-21(32-14-30-4)23(27-19)18-8-6-5-7-9-18/h10-11,18,29H,5-9,12-14H2,1-4H3,(H2,25,28). The van der Waals surface area contributed by atoms with Gasteiger partial charge < -0.3 is 25.2 Å². The van der Waals surface area contributed by atoms with Crippen LogP contribution in [0.1, 0.15) is 71.8 Å². The van der Waals surface area contributed by atoms with Crippen LogP contribution in [-0.2, 0) is 11.2 Å². The molecule has 0 amide bonds. The van der Waals surface area contributed by atoms with Crippen molar-refractivity contribution in [3.63, 3.8) is 0 Å². The Bertz CT molecular complexity index is 956. The highest BCUT2D eigenvalue weighted by Gasteiger charge is 2.22. The Labute approximate surface area is 189 Å². The second-order valence-corrected chi connectivity index (χ2v) is 8.36. The first-order chi connectivity index (χ1) is 15.4. The lowest BCUT2D eigenvalue weighted by atomic mass is 9.86. The maximum atomic E-state index is 8.72. The number of nitrogens with zero attached hydrogens (tertiary/aromatic N) is 3. The van der Waals surface area contributed by atoms with Gasteiger partial charge in [0, 0.05) is 36.4 Å². The van der Waals surface area contributed by atoms with Crippen LogP contribution in [0, 0.1) is 20.8 Å². The molecule has 0 radical (unpaired) electrons. The van der Waals surface area contributed by atoms with Gasteiger partial charge in [-0.2, -0.15) is 0 Å². The Balaban J connectivity index is 1.88. The molecule has 0 unspecified atom stereocenters. The Kier molecular flexibility index (Phi) is 8.27. The lowest BCUT2D eigenvalue weighted by molar-refractivity contribution is 0.0496. The fourth-order valence-corrected chi connectivity index (χ4v) is 4.23. The molecule has 3 N–H and O–H groups in total. The van der Waals surface area contributed by atoms with E-state index in [-0.39, 0.29) is 19.2 Å². The number of hydrogen-bond acceptors (Lipinski definition) is 7. The van der Waals surface area contributed by atoms with E-state index in [0.717, 1.165) is 52.4 Å². The van der Waals surface area contributed by atoms with E-state index in [1.165, 1.54) is 19.3 Å². The van der Waals surface area contributed by atoms with Crippen molar-refractivity contribution in [2.24, 2.45) is 10.9 Å². The summed E-state index contributed by atoms with van der Waals surface area (Å²) in [5.41, 5.74) is 11.6. The molecule has 1 aliphatic carbocycles. The molecule has 0 bridgehead atoms. The number of pyridine rings is 2. The summed E-state index contributed by atoms with van der Waals surface area (Å²) in [6.45, 7) is 6.20. The van der Waals surface area contributed by atoms with E-state index in [0.29, 0.717) is 18.2 Å². The van der Waals surface area contributed by atoms with Crippen molar-refractivity contribution in [1.29, 1.82) is 0 Å². The number of aryl methyl sites for hydroxylation is 1. The average molecular weight is 443 g/mol. The molecule has 2 aromatic rings. The minimum Gasteiger partial charge on any atom is -0.469 e. The minimum absolute atomic E-state index is 0.000747. The van der Waals surface area contributed by atoms with Crippen LogP contribution in [0.3, 0.4) is 0 Å². The summed E-state index contributed by atoms with van der Waals surface area (Å²) in [7, 11) is 1.63. The predicted molar refractivity (Wildman–Crippen MR) is 123 cm³/mol. The van der Waals surface area contributed by atoms with Crippen molar-refractivity contribution in [3.8, 4) is 11.6 Å². The Morgan fingerprint density at radius 3 is 2.53 bits per heavy atom. The van der Waals surface area contributed by atoms with Gasteiger partial charge in [0.2, 0.25) is 5.88 Å². The summed E-state index contributed by atoms with van der Waals surface area (Å²) >= 11 is 0. The molecule has 32 heavy (non-hydrogen) atoms. The van der Waals surface area contributed by atoms with E-state index < -0.39 is 0 Å². The molecule has 1 aliphatic rings. The number of oxime groups is 1. The topological polar surface area (TPSA) is 112 Å². The molecule has 0 atom stereocenters. The van der Waals surface area contributed by atoms with Crippen molar-refractivity contribution >= 4 is 5.84 Å². The third-order valence-electron chi connectivity index (χ3n) is 6.15. The van der Waals surface area contributed by atoms with Crippen molar-refractivity contribution in [3.05, 3.63) is 45.9 Å². The zero-order valence-electron chi connectivity index (χ0n) is 19.5. The Morgan fingerprint density at radius 1 is 1.09 bits per heavy atom. The molecular formula is C24H34N4O4. The van der Waals surface area contributed by atoms with Gasteiger partial charge in [-0.3, -0.25) is 4.98 Å². The van der Waals surface area contributed by atoms with E-state index in [1.807, 2.05) is 26.0 Å². The molecule has 174 valence electrons. The monoisotopic (exact) mass is 442 g/mol. The summed E-state index contributed by atoms with van der Waals surface area (Å²) in [4.78, 5) is 9.67. The van der Waals surface area contributed by atoms with E-state index in [1.54, 1.807) is 7.11 Å². The first kappa shape index (κ1) is 23.8. The van der Waals surface area contributed by atoms with Gasteiger partial charge in [-0.1, -0.05) is 24.4 Å². The van der Waals surface area contributed by atoms with Gasteiger partial charge in [-0.05, 0) is 56.9 Å². The molecule has 1 saturated carbocycles. The number of ether oxygens (including phenoxy) is 3. The van der Waals surface area contributed by atoms with E-state index in [4.69, 9.17) is 30.1 Å². The van der Waals surface area contributed by atoms with Crippen molar-refractivity contribution in [2.75, 3.05) is 20.5 Å². The van der Waals surface area contributed by atoms with Crippen LogP contribution in [0.4, 0.5) is 0 Å². The molecule has 0 aromatic carbocycles. The number of hydrogen-bond donors (Lipinski definition) is 2. The maximum Gasteiger partial charge on any atom is 0.217 e. The molecule has 0 aliphatic heterocycles. The molecule has 2 heterocycles. The summed E-state index contributed by atoms with van der Waals surface area (Å²) in [6, 6.07) is 4.04. The molecular weight excluding hydrogens is 408 g/mol. The highest BCUT2D eigenvalue weighted by molar-refractivity contribution is 5.81. The van der Waals surface area contributed by atoms with Crippen LogP contribution in [-0.4, -0.2) is 41.5 Å². The zero-order valence-corrected chi connectivity index (χ0v) is 19.5. The normalized spacial score (nSPS) is 15.1. The average Bonchev–Trinajstić information content (AvgIpc) is 2.82. The van der Waals surface area contributed by atoms with E-state index >= 15 is 0 Å². The number of rotatable bonds is 9. The van der Waals surface area contributed by atoms with Gasteiger partial charge in [0.25, 0.3) is 0 Å². The van der Waals surface area contributed by atoms with Crippen LogP contribution in [0.2, 0.25) is 0 Å². The SMILES string of the molecule is COCOc1ccc(Cc2c(C)nc(OC/C(N)=N/O)c(C)c2C)nc1C1CCCCC1. The number of nitrogens with two attached hydrogens (primary N) is 1. The number of methoxy groups -OCH3 is 1. The number of aromatic nitrogens is 2. The first-order valence-electron chi connectivity index (χ1n) is 11.1. The minimum atomic E-state index is -0.0161. The maximum absolute atomic E-state index is 8.72. The van der Waals surface area contributed by atoms with Gasteiger partial charge >= 0.3 is 0 Å². The lowest BCUT2D eigenvalue weighted by Crippen LogP contribution is -2.22. The fourth-order valence-electron chi connectivity index (χ4n) is 4.23. The quantitative estimate of drug-likeness (QED) is 0.197. The molecule has 0 spiro atoms. The van der Waals surface area contributed by atoms with Crippen LogP contribution >= 0.6 is 0 Å². The second-order valence-electron chi connectivity index (χ2n) is 8.36. The highest BCUT2D eigenvalue weighted by Crippen LogP contribution is 2.37. The van der Waals surface area contributed by atoms with Crippen molar-refractivity contribution < 1.29 is 19.4 Å². The summed E-state index contributed by atoms with van der Waals surface area (Å²) in [6.07, 6.45) is 6.72. The van der Waals surface area contributed by atoms with Crippen molar-refractivity contribution in [1.82, 2.24) is 9.97 Å². The van der Waals surface area contributed by atoms with Crippen LogP contribution in [0.5, 0.6) is 11.6 Å². The van der Waals surface area contributed by atoms with Gasteiger partial charge in [0.05, 0.1) is 5.69 Å². The largest absolute Gasteiger partial charge is 0.469 e. The predicted octanol–water partition coefficient (Wildman–Crippen LogP) is 4.15. The van der Waals surface area contributed by atoms with Gasteiger partial charge in [-0.25, -0.2) is 4.98 Å². The van der Waals surface area contributed by atoms with Crippen molar-refractivity contribution in [2.45, 2.75) is 65.2 Å². The first-order valence-corrected chi connectivity index (χ1v) is 11.1. The van der Waals surface area contributed by atoms with Crippen LogP contribution < -0.4 is 15.2 Å². The lowest BCUT2D eigenvalue weighted by Gasteiger charge is -2.24. The third-order valence-corrected chi connectivity index (χ3v) is 6.15. The highest BCUT2D eigenvalue weighted by atomic mass is 16.7. The van der Waals surface area contributed by atoms with Gasteiger partial charge in [0.15, 0.2) is 19.2 Å². The summed E-state index contributed by atoms with van der Waals surface area (Å²) < 4.78 is 16.6. The molecule has 0 saturated heterocycles. The van der Waals surface area contributed by atoms with Gasteiger partial charge in [-0.15, -0.1) is 0 Å². The smallest absolute Gasteiger partial charge is 0.217 e. The molecule has 8 nitrogen and oxygen atoms in total.